The number of rotatable bonds is 14. The van der Waals surface area contributed by atoms with E-state index in [0.29, 0.717) is 19.3 Å². The lowest BCUT2D eigenvalue weighted by Gasteiger charge is -2.48. The number of carbonyl (C=O) groups excluding carboxylic acids is 4. The minimum absolute atomic E-state index is 0.00783. The lowest BCUT2D eigenvalue weighted by molar-refractivity contribution is -0.391. The summed E-state index contributed by atoms with van der Waals surface area (Å²) in [6.07, 6.45) is -22.4. The molecule has 3 rings (SSSR count). The Hall–Kier alpha value is -2.83. The number of carbonyl (C=O) groups is 4. The van der Waals surface area contributed by atoms with Crippen molar-refractivity contribution in [3.8, 4) is 0 Å². The highest BCUT2D eigenvalue weighted by Gasteiger charge is 2.75. The molecule has 19 heteroatoms. The Morgan fingerprint density at radius 1 is 0.719 bits per heavy atom. The summed E-state index contributed by atoms with van der Waals surface area (Å²) in [6, 6.07) is 0. The summed E-state index contributed by atoms with van der Waals surface area (Å²) in [5.74, 6) is -9.38. The van der Waals surface area contributed by atoms with E-state index >= 15 is 0 Å². The first kappa shape index (κ1) is 48.5. The molecule has 0 radical (unpaired) electrons. The summed E-state index contributed by atoms with van der Waals surface area (Å²) in [4.78, 5) is 54.3. The van der Waals surface area contributed by atoms with Gasteiger partial charge in [-0.3, -0.25) is 14.4 Å². The van der Waals surface area contributed by atoms with E-state index in [1.807, 2.05) is 6.92 Å². The van der Waals surface area contributed by atoms with Gasteiger partial charge in [0.1, 0.15) is 11.7 Å². The fourth-order valence-electron chi connectivity index (χ4n) is 8.69. The van der Waals surface area contributed by atoms with Gasteiger partial charge in [0.2, 0.25) is 6.10 Å². The predicted molar refractivity (Wildman–Crippen MR) is 182 cm³/mol. The maximum absolute atomic E-state index is 14.1. The molecule has 330 valence electrons. The fraction of sp³-hybridized carbons (Fsp3) is 0.895. The van der Waals surface area contributed by atoms with E-state index in [0.717, 1.165) is 19.3 Å². The van der Waals surface area contributed by atoms with Gasteiger partial charge in [-0.15, -0.1) is 0 Å². The van der Waals surface area contributed by atoms with Crippen LogP contribution in [-0.4, -0.2) is 88.2 Å². The Labute approximate surface area is 325 Å². The lowest BCUT2D eigenvalue weighted by Crippen LogP contribution is -2.64. The average molecular weight is 843 g/mol. The van der Waals surface area contributed by atoms with Crippen molar-refractivity contribution < 1.29 is 87.9 Å². The fourth-order valence-corrected chi connectivity index (χ4v) is 8.69. The highest BCUT2D eigenvalue weighted by Crippen LogP contribution is 2.56. The van der Waals surface area contributed by atoms with Gasteiger partial charge in [-0.25, -0.2) is 4.79 Å². The molecule has 57 heavy (non-hydrogen) atoms. The Bertz CT molecular complexity index is 1450. The van der Waals surface area contributed by atoms with E-state index in [2.05, 4.69) is 0 Å². The van der Waals surface area contributed by atoms with Crippen LogP contribution in [0, 0.1) is 28.1 Å². The summed E-state index contributed by atoms with van der Waals surface area (Å²) in [5.41, 5.74) is -15.4. The summed E-state index contributed by atoms with van der Waals surface area (Å²) < 4.78 is 148. The Morgan fingerprint density at radius 2 is 1.26 bits per heavy atom. The molecular weight excluding hydrogens is 787 g/mol. The van der Waals surface area contributed by atoms with Crippen LogP contribution in [-0.2, 0) is 38.1 Å². The predicted octanol–water partition coefficient (Wildman–Crippen LogP) is 8.23. The number of alkyl halides is 9. The first-order chi connectivity index (χ1) is 25.7. The van der Waals surface area contributed by atoms with Crippen molar-refractivity contribution in [3.05, 3.63) is 0 Å². The molecule has 0 spiro atoms. The standard InChI is InChI=1S/C38H55F9O10/c1-8-31(5,29(51)57-34(9-2)14-11-10-12-15-34)21-32(6,28(50)56-25-13-16-54-26(25)48)20-30(3,4)27(49)55-24-18-22(33(7,52)36(39,40)41)17-23(19-24)35(53,37(42,43)44)38(45,46)47/h22-25,52-53H,8-21H2,1-7H3. The van der Waals surface area contributed by atoms with Crippen molar-refractivity contribution in [1.82, 2.24) is 0 Å². The molecular formula is C38H55F9O10. The maximum atomic E-state index is 14.1. The molecule has 0 aromatic heterocycles. The number of hydrogen-bond donors (Lipinski definition) is 2. The highest BCUT2D eigenvalue weighted by atomic mass is 19.4. The summed E-state index contributed by atoms with van der Waals surface area (Å²) >= 11 is 0. The summed E-state index contributed by atoms with van der Waals surface area (Å²) in [5, 5.41) is 20.6. The molecule has 0 aromatic carbocycles. The molecule has 7 atom stereocenters. The van der Waals surface area contributed by atoms with Gasteiger partial charge in [0.05, 0.1) is 22.9 Å². The third kappa shape index (κ3) is 10.1. The lowest BCUT2D eigenvalue weighted by atomic mass is 9.64. The number of hydrogen-bond acceptors (Lipinski definition) is 10. The molecule has 3 aliphatic rings. The van der Waals surface area contributed by atoms with Crippen molar-refractivity contribution in [2.75, 3.05) is 6.61 Å². The molecule has 2 N–H and O–H groups in total. The SMILES string of the molecule is CCC1(OC(=O)C(C)(CC)CC(C)(CC(C)(C)C(=O)OC2CC(C(C)(O)C(F)(F)F)CC(C(O)(C(F)(F)F)C(F)(F)F)C2)C(=O)OC2CCOC2=O)CCCCC1. The van der Waals surface area contributed by atoms with E-state index in [9.17, 15) is 68.9 Å². The van der Waals surface area contributed by atoms with E-state index in [-0.39, 0.29) is 32.8 Å². The molecule has 0 aromatic rings. The largest absolute Gasteiger partial charge is 0.463 e. The van der Waals surface area contributed by atoms with E-state index in [1.165, 1.54) is 20.8 Å². The smallest absolute Gasteiger partial charge is 0.426 e. The number of halogens is 9. The van der Waals surface area contributed by atoms with Crippen LogP contribution in [0.25, 0.3) is 0 Å². The van der Waals surface area contributed by atoms with Gasteiger partial charge < -0.3 is 29.2 Å². The summed E-state index contributed by atoms with van der Waals surface area (Å²) in [7, 11) is 0. The summed E-state index contributed by atoms with van der Waals surface area (Å²) in [6.45, 7) is 8.92. The van der Waals surface area contributed by atoms with Gasteiger partial charge >= 0.3 is 42.4 Å². The van der Waals surface area contributed by atoms with Gasteiger partial charge in [-0.1, -0.05) is 20.3 Å². The van der Waals surface area contributed by atoms with Crippen molar-refractivity contribution >= 4 is 23.9 Å². The maximum Gasteiger partial charge on any atom is 0.426 e. The van der Waals surface area contributed by atoms with E-state index in [1.54, 1.807) is 13.8 Å². The molecule has 0 bridgehead atoms. The van der Waals surface area contributed by atoms with Gasteiger partial charge in [-0.05, 0) is 105 Å². The average Bonchev–Trinajstić information content (AvgIpc) is 3.49. The van der Waals surface area contributed by atoms with Gasteiger partial charge in [0.25, 0.3) is 5.60 Å². The molecule has 10 nitrogen and oxygen atoms in total. The Kier molecular flexibility index (Phi) is 14.2. The topological polar surface area (TPSA) is 146 Å². The molecule has 1 heterocycles. The molecule has 3 fully saturated rings. The number of esters is 4. The van der Waals surface area contributed by atoms with Crippen LogP contribution in [0.15, 0.2) is 0 Å². The van der Waals surface area contributed by atoms with Crippen LogP contribution in [0.3, 0.4) is 0 Å². The number of cyclic esters (lactones) is 1. The molecule has 0 amide bonds. The zero-order valence-electron chi connectivity index (χ0n) is 33.3. The van der Waals surface area contributed by atoms with Crippen molar-refractivity contribution in [2.45, 2.75) is 179 Å². The third-order valence-electron chi connectivity index (χ3n) is 12.5. The zero-order valence-corrected chi connectivity index (χ0v) is 33.3. The van der Waals surface area contributed by atoms with Crippen molar-refractivity contribution in [1.29, 1.82) is 0 Å². The van der Waals surface area contributed by atoms with Crippen LogP contribution in [0.1, 0.15) is 132 Å². The zero-order chi connectivity index (χ0) is 43.8. The van der Waals surface area contributed by atoms with Crippen molar-refractivity contribution in [3.63, 3.8) is 0 Å². The van der Waals surface area contributed by atoms with Crippen LogP contribution in [0.2, 0.25) is 0 Å². The van der Waals surface area contributed by atoms with E-state index in [4.69, 9.17) is 18.9 Å². The molecule has 7 unspecified atom stereocenters. The van der Waals surface area contributed by atoms with Gasteiger partial charge in [-0.2, -0.15) is 39.5 Å². The van der Waals surface area contributed by atoms with Crippen molar-refractivity contribution in [2.24, 2.45) is 28.1 Å². The quantitative estimate of drug-likeness (QED) is 0.0997. The third-order valence-corrected chi connectivity index (χ3v) is 12.5. The van der Waals surface area contributed by atoms with Crippen LogP contribution < -0.4 is 0 Å². The van der Waals surface area contributed by atoms with Gasteiger partial charge in [0.15, 0.2) is 5.60 Å². The highest BCUT2D eigenvalue weighted by molar-refractivity contribution is 5.85. The minimum Gasteiger partial charge on any atom is -0.463 e. The molecule has 1 aliphatic heterocycles. The van der Waals surface area contributed by atoms with E-state index < -0.39 is 125 Å². The Balaban J connectivity index is 2.01. The second-order valence-corrected chi connectivity index (χ2v) is 17.6. The second kappa shape index (κ2) is 16.7. The second-order valence-electron chi connectivity index (χ2n) is 17.6. The number of ether oxygens (including phenoxy) is 4. The van der Waals surface area contributed by atoms with Gasteiger partial charge in [0, 0.05) is 18.3 Å². The first-order valence-corrected chi connectivity index (χ1v) is 19.2. The first-order valence-electron chi connectivity index (χ1n) is 19.2. The number of aliphatic hydroxyl groups is 2. The monoisotopic (exact) mass is 842 g/mol. The Morgan fingerprint density at radius 3 is 1.72 bits per heavy atom. The normalized spacial score (nSPS) is 26.9. The van der Waals surface area contributed by atoms with Crippen LogP contribution in [0.5, 0.6) is 0 Å². The molecule has 2 aliphatic carbocycles. The molecule has 2 saturated carbocycles. The minimum atomic E-state index is -6.44. The van der Waals surface area contributed by atoms with Crippen LogP contribution >= 0.6 is 0 Å². The van der Waals surface area contributed by atoms with Crippen LogP contribution in [0.4, 0.5) is 39.5 Å². The molecule has 1 saturated heterocycles.